The lowest BCUT2D eigenvalue weighted by Gasteiger charge is -2.10. The molecule has 0 aliphatic heterocycles. The van der Waals surface area contributed by atoms with Crippen LogP contribution in [-0.2, 0) is 19.4 Å². The fraction of sp³-hybridized carbons (Fsp3) is 0.389. The number of hydrogen-bond donors (Lipinski definition) is 2. The van der Waals surface area contributed by atoms with E-state index in [-0.39, 0.29) is 5.91 Å². The first-order valence-electron chi connectivity index (χ1n) is 8.41. The Morgan fingerprint density at radius 1 is 1.36 bits per heavy atom. The first-order valence-corrected chi connectivity index (χ1v) is 8.79. The van der Waals surface area contributed by atoms with Gasteiger partial charge in [-0.25, -0.2) is 9.97 Å². The number of carbonyl (C=O) groups excluding carboxylic acids is 1. The van der Waals surface area contributed by atoms with Crippen molar-refractivity contribution in [3.05, 3.63) is 52.1 Å². The van der Waals surface area contributed by atoms with Gasteiger partial charge in [0.2, 0.25) is 0 Å². The molecule has 25 heavy (non-hydrogen) atoms. The summed E-state index contributed by atoms with van der Waals surface area (Å²) in [6.45, 7) is 1.35. The molecule has 132 valence electrons. The SMILES string of the molecule is NCCCOc1ccc(C(=O)NCc2ncc3c(n2)CCC3)cc1Cl. The van der Waals surface area contributed by atoms with E-state index in [0.29, 0.717) is 41.9 Å². The van der Waals surface area contributed by atoms with Crippen molar-refractivity contribution in [3.8, 4) is 5.75 Å². The highest BCUT2D eigenvalue weighted by Crippen LogP contribution is 2.25. The fourth-order valence-electron chi connectivity index (χ4n) is 2.73. The van der Waals surface area contributed by atoms with Crippen molar-refractivity contribution in [1.29, 1.82) is 0 Å². The highest BCUT2D eigenvalue weighted by Gasteiger charge is 2.14. The van der Waals surface area contributed by atoms with Crippen molar-refractivity contribution in [1.82, 2.24) is 15.3 Å². The van der Waals surface area contributed by atoms with Gasteiger partial charge in [0, 0.05) is 17.5 Å². The minimum atomic E-state index is -0.223. The Labute approximate surface area is 151 Å². The third-order valence-electron chi connectivity index (χ3n) is 4.07. The zero-order valence-electron chi connectivity index (χ0n) is 13.9. The predicted molar refractivity (Wildman–Crippen MR) is 95.8 cm³/mol. The van der Waals surface area contributed by atoms with Gasteiger partial charge in [-0.3, -0.25) is 4.79 Å². The Hall–Kier alpha value is -2.18. The van der Waals surface area contributed by atoms with E-state index in [1.165, 1.54) is 5.56 Å². The quantitative estimate of drug-likeness (QED) is 0.739. The number of aryl methyl sites for hydroxylation is 2. The molecule has 1 heterocycles. The topological polar surface area (TPSA) is 90.1 Å². The van der Waals surface area contributed by atoms with Crippen LogP contribution >= 0.6 is 11.6 Å². The Morgan fingerprint density at radius 3 is 3.04 bits per heavy atom. The van der Waals surface area contributed by atoms with Crippen LogP contribution in [0.5, 0.6) is 5.75 Å². The van der Waals surface area contributed by atoms with Crippen molar-refractivity contribution in [2.45, 2.75) is 32.2 Å². The van der Waals surface area contributed by atoms with Gasteiger partial charge < -0.3 is 15.8 Å². The Kier molecular flexibility index (Phi) is 5.83. The predicted octanol–water partition coefficient (Wildman–Crippen LogP) is 2.28. The number of nitrogens with zero attached hydrogens (tertiary/aromatic N) is 2. The van der Waals surface area contributed by atoms with Gasteiger partial charge in [-0.2, -0.15) is 0 Å². The molecule has 0 radical (unpaired) electrons. The molecule has 0 fully saturated rings. The van der Waals surface area contributed by atoms with Crippen molar-refractivity contribution >= 4 is 17.5 Å². The maximum absolute atomic E-state index is 12.3. The minimum absolute atomic E-state index is 0.223. The summed E-state index contributed by atoms with van der Waals surface area (Å²) < 4.78 is 5.52. The monoisotopic (exact) mass is 360 g/mol. The first kappa shape index (κ1) is 17.6. The number of carbonyl (C=O) groups is 1. The van der Waals surface area contributed by atoms with Crippen LogP contribution in [0.25, 0.3) is 0 Å². The van der Waals surface area contributed by atoms with E-state index in [1.54, 1.807) is 18.2 Å². The molecule has 0 saturated heterocycles. The minimum Gasteiger partial charge on any atom is -0.492 e. The summed E-state index contributed by atoms with van der Waals surface area (Å²) in [5.41, 5.74) is 8.21. The average Bonchev–Trinajstić information content (AvgIpc) is 3.09. The molecule has 1 aromatic carbocycles. The molecule has 0 unspecified atom stereocenters. The molecule has 0 bridgehead atoms. The molecular formula is C18H21ClN4O2. The highest BCUT2D eigenvalue weighted by molar-refractivity contribution is 6.32. The molecule has 1 amide bonds. The van der Waals surface area contributed by atoms with Crippen molar-refractivity contribution in [2.24, 2.45) is 5.73 Å². The summed E-state index contributed by atoms with van der Waals surface area (Å²) in [6.07, 6.45) is 5.76. The summed E-state index contributed by atoms with van der Waals surface area (Å²) in [5.74, 6) is 0.954. The number of fused-ring (bicyclic) bond motifs is 1. The third-order valence-corrected chi connectivity index (χ3v) is 4.37. The lowest BCUT2D eigenvalue weighted by atomic mass is 10.2. The van der Waals surface area contributed by atoms with Gasteiger partial charge in [-0.05, 0) is 56.0 Å². The van der Waals surface area contributed by atoms with Gasteiger partial charge in [-0.15, -0.1) is 0 Å². The van der Waals surface area contributed by atoms with E-state index < -0.39 is 0 Å². The Morgan fingerprint density at radius 2 is 2.24 bits per heavy atom. The zero-order chi connectivity index (χ0) is 17.6. The van der Waals surface area contributed by atoms with Crippen molar-refractivity contribution in [2.75, 3.05) is 13.2 Å². The van der Waals surface area contributed by atoms with E-state index >= 15 is 0 Å². The Balaban J connectivity index is 1.58. The molecule has 1 aliphatic carbocycles. The van der Waals surface area contributed by atoms with Gasteiger partial charge in [0.1, 0.15) is 11.6 Å². The second-order valence-corrected chi connectivity index (χ2v) is 6.34. The number of ether oxygens (including phenoxy) is 1. The largest absolute Gasteiger partial charge is 0.492 e. The highest BCUT2D eigenvalue weighted by atomic mass is 35.5. The maximum Gasteiger partial charge on any atom is 0.251 e. The van der Waals surface area contributed by atoms with E-state index in [0.717, 1.165) is 31.4 Å². The molecule has 0 spiro atoms. The number of amides is 1. The lowest BCUT2D eigenvalue weighted by Crippen LogP contribution is -2.24. The Bertz CT molecular complexity index is 767. The van der Waals surface area contributed by atoms with Gasteiger partial charge in [-0.1, -0.05) is 11.6 Å². The average molecular weight is 361 g/mol. The number of aromatic nitrogens is 2. The molecular weight excluding hydrogens is 340 g/mol. The molecule has 3 rings (SSSR count). The summed E-state index contributed by atoms with van der Waals surface area (Å²) in [4.78, 5) is 21.1. The van der Waals surface area contributed by atoms with Crippen LogP contribution in [0.4, 0.5) is 0 Å². The molecule has 6 nitrogen and oxygen atoms in total. The molecule has 0 atom stereocenters. The van der Waals surface area contributed by atoms with E-state index in [2.05, 4.69) is 15.3 Å². The van der Waals surface area contributed by atoms with Crippen LogP contribution in [0, 0.1) is 0 Å². The summed E-state index contributed by atoms with van der Waals surface area (Å²) >= 11 is 6.17. The van der Waals surface area contributed by atoms with Gasteiger partial charge in [0.15, 0.2) is 0 Å². The standard InChI is InChI=1S/C18H21ClN4O2/c19-14-9-12(5-6-16(14)25-8-2-7-20)18(24)22-11-17-21-10-13-3-1-4-15(13)23-17/h5-6,9-10H,1-4,7-8,11,20H2,(H,22,24). The lowest BCUT2D eigenvalue weighted by molar-refractivity contribution is 0.0950. The van der Waals surface area contributed by atoms with Crippen LogP contribution in [0.1, 0.15) is 40.3 Å². The number of rotatable bonds is 7. The van der Waals surface area contributed by atoms with Gasteiger partial charge in [0.25, 0.3) is 5.91 Å². The van der Waals surface area contributed by atoms with Gasteiger partial charge >= 0.3 is 0 Å². The number of benzene rings is 1. The molecule has 7 heteroatoms. The van der Waals surface area contributed by atoms with E-state index in [9.17, 15) is 4.79 Å². The molecule has 0 saturated carbocycles. The second-order valence-electron chi connectivity index (χ2n) is 5.93. The molecule has 1 aromatic heterocycles. The van der Waals surface area contributed by atoms with Crippen molar-refractivity contribution in [3.63, 3.8) is 0 Å². The summed E-state index contributed by atoms with van der Waals surface area (Å²) in [7, 11) is 0. The van der Waals surface area contributed by atoms with Crippen LogP contribution in [0.3, 0.4) is 0 Å². The van der Waals surface area contributed by atoms with E-state index in [1.807, 2.05) is 6.20 Å². The number of nitrogens with two attached hydrogens (primary N) is 1. The summed E-state index contributed by atoms with van der Waals surface area (Å²) in [5, 5.41) is 3.23. The second kappa shape index (κ2) is 8.27. The smallest absolute Gasteiger partial charge is 0.251 e. The van der Waals surface area contributed by atoms with Crippen LogP contribution < -0.4 is 15.8 Å². The fourth-order valence-corrected chi connectivity index (χ4v) is 2.96. The molecule has 1 aliphatic rings. The molecule has 2 aromatic rings. The van der Waals surface area contributed by atoms with Crippen molar-refractivity contribution < 1.29 is 9.53 Å². The van der Waals surface area contributed by atoms with Crippen LogP contribution in [0.15, 0.2) is 24.4 Å². The van der Waals surface area contributed by atoms with Crippen LogP contribution in [0.2, 0.25) is 5.02 Å². The maximum atomic E-state index is 12.3. The normalized spacial score (nSPS) is 12.7. The number of nitrogens with one attached hydrogen (secondary N) is 1. The number of halogens is 1. The van der Waals surface area contributed by atoms with E-state index in [4.69, 9.17) is 22.1 Å². The zero-order valence-corrected chi connectivity index (χ0v) is 14.7. The van der Waals surface area contributed by atoms with Gasteiger partial charge in [0.05, 0.1) is 18.2 Å². The third kappa shape index (κ3) is 4.46. The molecule has 3 N–H and O–H groups in total. The number of hydrogen-bond acceptors (Lipinski definition) is 5. The van der Waals surface area contributed by atoms with Crippen LogP contribution in [-0.4, -0.2) is 29.0 Å². The summed E-state index contributed by atoms with van der Waals surface area (Å²) in [6, 6.07) is 4.97. The first-order chi connectivity index (χ1) is 12.2.